The van der Waals surface area contributed by atoms with Gasteiger partial charge in [0.1, 0.15) is 5.69 Å². The van der Waals surface area contributed by atoms with E-state index in [0.717, 1.165) is 48.3 Å². The summed E-state index contributed by atoms with van der Waals surface area (Å²) >= 11 is 0. The third-order valence-electron chi connectivity index (χ3n) is 5.19. The summed E-state index contributed by atoms with van der Waals surface area (Å²) in [5, 5.41) is 15.1. The molecule has 122 valence electrons. The fourth-order valence-electron chi connectivity index (χ4n) is 3.75. The zero-order valence-electron chi connectivity index (χ0n) is 13.7. The molecule has 2 heterocycles. The first kappa shape index (κ1) is 15.2. The van der Waals surface area contributed by atoms with Gasteiger partial charge in [-0.05, 0) is 25.9 Å². The molecule has 4 rings (SSSR count). The van der Waals surface area contributed by atoms with Crippen LogP contribution in [0.5, 0.6) is 0 Å². The van der Waals surface area contributed by atoms with Crippen molar-refractivity contribution in [3.05, 3.63) is 60.3 Å². The lowest BCUT2D eigenvalue weighted by molar-refractivity contribution is 0.308. The molecule has 0 spiro atoms. The molecule has 0 amide bonds. The Hall–Kier alpha value is -2.30. The maximum absolute atomic E-state index is 6.21. The quantitative estimate of drug-likeness (QED) is 0.779. The van der Waals surface area contributed by atoms with Gasteiger partial charge >= 0.3 is 0 Å². The highest BCUT2D eigenvalue weighted by atomic mass is 15.1. The van der Waals surface area contributed by atoms with Crippen molar-refractivity contribution in [1.29, 1.82) is 0 Å². The molecule has 1 fully saturated rings. The number of nitrogens with zero attached hydrogens (tertiary/aromatic N) is 2. The fraction of sp³-hybridized carbons (Fsp3) is 0.300. The van der Waals surface area contributed by atoms with Crippen LogP contribution in [0.2, 0.25) is 0 Å². The first-order valence-corrected chi connectivity index (χ1v) is 8.56. The predicted octanol–water partition coefficient (Wildman–Crippen LogP) is 2.88. The summed E-state index contributed by atoms with van der Waals surface area (Å²) in [5.41, 5.74) is 9.23. The number of hydrogen-bond acceptors (Lipinski definition) is 4. The van der Waals surface area contributed by atoms with Crippen LogP contribution in [0, 0.1) is 0 Å². The van der Waals surface area contributed by atoms with Crippen molar-refractivity contribution in [2.45, 2.75) is 18.3 Å². The highest BCUT2D eigenvalue weighted by Crippen LogP contribution is 2.37. The topological polar surface area (TPSA) is 63.8 Å². The van der Waals surface area contributed by atoms with Gasteiger partial charge in [-0.25, -0.2) is 0 Å². The van der Waals surface area contributed by atoms with Crippen LogP contribution in [0.4, 0.5) is 0 Å². The van der Waals surface area contributed by atoms with Crippen LogP contribution < -0.4 is 11.1 Å². The largest absolute Gasteiger partial charge is 0.330 e. The van der Waals surface area contributed by atoms with E-state index >= 15 is 0 Å². The smallest absolute Gasteiger partial charge is 0.101 e. The van der Waals surface area contributed by atoms with Crippen LogP contribution in [0.15, 0.2) is 54.6 Å². The van der Waals surface area contributed by atoms with Crippen LogP contribution in [-0.4, -0.2) is 29.8 Å². The van der Waals surface area contributed by atoms with E-state index < -0.39 is 0 Å². The van der Waals surface area contributed by atoms with Gasteiger partial charge in [-0.15, -0.1) is 5.10 Å². The zero-order valence-corrected chi connectivity index (χ0v) is 13.7. The maximum atomic E-state index is 6.21. The molecule has 1 aliphatic heterocycles. The molecule has 4 heteroatoms. The van der Waals surface area contributed by atoms with Crippen molar-refractivity contribution in [2.75, 3.05) is 19.6 Å². The monoisotopic (exact) mass is 318 g/mol. The summed E-state index contributed by atoms with van der Waals surface area (Å²) in [6.07, 6.45) is 2.01. The average molecular weight is 318 g/mol. The molecule has 0 bridgehead atoms. The molecular formula is C20H22N4. The van der Waals surface area contributed by atoms with Crippen molar-refractivity contribution in [2.24, 2.45) is 5.73 Å². The Balaban J connectivity index is 1.93. The Kier molecular flexibility index (Phi) is 4.00. The van der Waals surface area contributed by atoms with Crippen LogP contribution in [0.1, 0.15) is 18.5 Å². The number of nitrogens with one attached hydrogen (secondary N) is 1. The SMILES string of the molecule is NCC1(c2nnc(-c3ccccc3)c3ccccc23)CCNCC1. The molecule has 0 radical (unpaired) electrons. The van der Waals surface area contributed by atoms with Gasteiger partial charge in [-0.2, -0.15) is 5.10 Å². The van der Waals surface area contributed by atoms with E-state index in [1.165, 1.54) is 5.39 Å². The predicted molar refractivity (Wildman–Crippen MR) is 97.8 cm³/mol. The molecule has 2 aromatic carbocycles. The molecule has 4 nitrogen and oxygen atoms in total. The van der Waals surface area contributed by atoms with Crippen molar-refractivity contribution in [1.82, 2.24) is 15.5 Å². The number of nitrogens with two attached hydrogens (primary N) is 1. The standard InChI is InChI=1S/C20H22N4/c21-14-20(10-12-22-13-11-20)19-17-9-5-4-8-16(17)18(23-24-19)15-6-2-1-3-7-15/h1-9,22H,10-14,21H2. The van der Waals surface area contributed by atoms with E-state index in [-0.39, 0.29) is 5.41 Å². The Morgan fingerprint density at radius 3 is 2.25 bits per heavy atom. The second-order valence-corrected chi connectivity index (χ2v) is 6.54. The molecule has 1 aromatic heterocycles. The van der Waals surface area contributed by atoms with Gasteiger partial charge in [0.25, 0.3) is 0 Å². The Morgan fingerprint density at radius 1 is 0.875 bits per heavy atom. The Labute approximate surface area is 142 Å². The van der Waals surface area contributed by atoms with E-state index in [9.17, 15) is 0 Å². The van der Waals surface area contributed by atoms with Gasteiger partial charge in [0.15, 0.2) is 0 Å². The number of aromatic nitrogens is 2. The van der Waals surface area contributed by atoms with Crippen LogP contribution in [0.25, 0.3) is 22.0 Å². The minimum atomic E-state index is -0.0763. The zero-order chi connectivity index (χ0) is 16.4. The summed E-state index contributed by atoms with van der Waals surface area (Å²) in [6, 6.07) is 18.7. The highest BCUT2D eigenvalue weighted by Gasteiger charge is 2.36. The molecule has 1 aliphatic rings. The number of piperidine rings is 1. The fourth-order valence-corrected chi connectivity index (χ4v) is 3.75. The first-order valence-electron chi connectivity index (χ1n) is 8.56. The van der Waals surface area contributed by atoms with Gasteiger partial charge in [0.2, 0.25) is 0 Å². The molecule has 3 aromatic rings. The second kappa shape index (κ2) is 6.30. The molecule has 0 aliphatic carbocycles. The molecule has 1 saturated heterocycles. The molecule has 0 unspecified atom stereocenters. The van der Waals surface area contributed by atoms with E-state index in [1.54, 1.807) is 0 Å². The van der Waals surface area contributed by atoms with Crippen molar-refractivity contribution in [3.63, 3.8) is 0 Å². The molecule has 24 heavy (non-hydrogen) atoms. The number of rotatable bonds is 3. The summed E-state index contributed by atoms with van der Waals surface area (Å²) in [4.78, 5) is 0. The van der Waals surface area contributed by atoms with E-state index in [2.05, 4.69) is 46.8 Å². The Bertz CT molecular complexity index is 839. The van der Waals surface area contributed by atoms with Gasteiger partial charge in [0, 0.05) is 28.3 Å². The normalized spacial score (nSPS) is 17.0. The van der Waals surface area contributed by atoms with Gasteiger partial charge < -0.3 is 11.1 Å². The lowest BCUT2D eigenvalue weighted by Crippen LogP contribution is -2.45. The van der Waals surface area contributed by atoms with Gasteiger partial charge in [0.05, 0.1) is 5.69 Å². The van der Waals surface area contributed by atoms with E-state index in [1.807, 2.05) is 18.2 Å². The Morgan fingerprint density at radius 2 is 1.54 bits per heavy atom. The van der Waals surface area contributed by atoms with Gasteiger partial charge in [-0.1, -0.05) is 54.6 Å². The highest BCUT2D eigenvalue weighted by molar-refractivity contribution is 5.96. The van der Waals surface area contributed by atoms with Crippen molar-refractivity contribution < 1.29 is 0 Å². The van der Waals surface area contributed by atoms with Gasteiger partial charge in [-0.3, -0.25) is 0 Å². The average Bonchev–Trinajstić information content (AvgIpc) is 2.68. The summed E-state index contributed by atoms with van der Waals surface area (Å²) in [7, 11) is 0. The maximum Gasteiger partial charge on any atom is 0.101 e. The van der Waals surface area contributed by atoms with Crippen molar-refractivity contribution >= 4 is 10.8 Å². The summed E-state index contributed by atoms with van der Waals surface area (Å²) in [5.74, 6) is 0. The lowest BCUT2D eigenvalue weighted by Gasteiger charge is -2.36. The van der Waals surface area contributed by atoms with Crippen LogP contribution >= 0.6 is 0 Å². The molecule has 0 saturated carbocycles. The third-order valence-corrected chi connectivity index (χ3v) is 5.19. The minimum Gasteiger partial charge on any atom is -0.330 e. The van der Waals surface area contributed by atoms with Crippen LogP contribution in [0.3, 0.4) is 0 Å². The summed E-state index contributed by atoms with van der Waals surface area (Å²) < 4.78 is 0. The first-order chi connectivity index (χ1) is 11.8. The number of benzene rings is 2. The summed E-state index contributed by atoms with van der Waals surface area (Å²) in [6.45, 7) is 2.57. The molecule has 3 N–H and O–H groups in total. The van der Waals surface area contributed by atoms with E-state index in [4.69, 9.17) is 10.8 Å². The van der Waals surface area contributed by atoms with Crippen molar-refractivity contribution in [3.8, 4) is 11.3 Å². The third kappa shape index (κ3) is 2.48. The lowest BCUT2D eigenvalue weighted by atomic mass is 9.74. The van der Waals surface area contributed by atoms with Crippen LogP contribution in [-0.2, 0) is 5.41 Å². The second-order valence-electron chi connectivity index (χ2n) is 6.54. The molecule has 0 atom stereocenters. The number of fused-ring (bicyclic) bond motifs is 1. The minimum absolute atomic E-state index is 0.0763. The molecular weight excluding hydrogens is 296 g/mol. The number of hydrogen-bond donors (Lipinski definition) is 2. The van der Waals surface area contributed by atoms with E-state index in [0.29, 0.717) is 6.54 Å².